The highest BCUT2D eigenvalue weighted by Gasteiger charge is 2.31. The van der Waals surface area contributed by atoms with Crippen LogP contribution in [0.2, 0.25) is 5.02 Å². The molecular weight excluding hydrogens is 305 g/mol. The Bertz CT molecular complexity index is 624. The van der Waals surface area contributed by atoms with Gasteiger partial charge in [0, 0.05) is 5.02 Å². The maximum Gasteiger partial charge on any atom is 0.573 e. The van der Waals surface area contributed by atoms with E-state index in [4.69, 9.17) is 11.6 Å². The molecule has 0 aliphatic heterocycles. The van der Waals surface area contributed by atoms with E-state index in [0.29, 0.717) is 16.1 Å². The van der Waals surface area contributed by atoms with Crippen LogP contribution in [-0.2, 0) is 0 Å². The smallest absolute Gasteiger partial charge is 0.406 e. The number of ether oxygens (including phenoxy) is 1. The standard InChI is InChI=1S/C15H12ClF3O2/c1-9-2-3-11(8-13(9)16)14(20)10-4-6-12(7-5-10)21-15(17,18)19/h2-8,14,20H,1H3. The van der Waals surface area contributed by atoms with Gasteiger partial charge in [-0.05, 0) is 41.8 Å². The molecule has 0 spiro atoms. The summed E-state index contributed by atoms with van der Waals surface area (Å²) in [6.45, 7) is 1.84. The summed E-state index contributed by atoms with van der Waals surface area (Å²) in [6.07, 6.45) is -5.70. The second kappa shape index (κ2) is 5.95. The molecule has 0 bridgehead atoms. The van der Waals surface area contributed by atoms with E-state index in [9.17, 15) is 18.3 Å². The van der Waals surface area contributed by atoms with Crippen LogP contribution in [-0.4, -0.2) is 11.5 Å². The van der Waals surface area contributed by atoms with Crippen molar-refractivity contribution >= 4 is 11.6 Å². The van der Waals surface area contributed by atoms with Crippen molar-refractivity contribution in [3.8, 4) is 5.75 Å². The molecule has 2 rings (SSSR count). The number of rotatable bonds is 3. The van der Waals surface area contributed by atoms with Crippen LogP contribution < -0.4 is 4.74 Å². The van der Waals surface area contributed by atoms with E-state index in [1.54, 1.807) is 18.2 Å². The van der Waals surface area contributed by atoms with Gasteiger partial charge >= 0.3 is 6.36 Å². The van der Waals surface area contributed by atoms with E-state index in [1.807, 2.05) is 6.92 Å². The number of aliphatic hydroxyl groups excluding tert-OH is 1. The third-order valence-corrected chi connectivity index (χ3v) is 3.35. The van der Waals surface area contributed by atoms with E-state index in [-0.39, 0.29) is 5.75 Å². The summed E-state index contributed by atoms with van der Waals surface area (Å²) < 4.78 is 40.0. The monoisotopic (exact) mass is 316 g/mol. The molecule has 2 aromatic rings. The van der Waals surface area contributed by atoms with Crippen molar-refractivity contribution in [2.24, 2.45) is 0 Å². The van der Waals surface area contributed by atoms with Crippen molar-refractivity contribution in [2.75, 3.05) is 0 Å². The van der Waals surface area contributed by atoms with Gasteiger partial charge in [-0.1, -0.05) is 35.9 Å². The molecule has 0 heterocycles. The normalized spacial score (nSPS) is 13.0. The Morgan fingerprint density at radius 2 is 1.62 bits per heavy atom. The molecule has 1 N–H and O–H groups in total. The molecule has 1 atom stereocenters. The minimum atomic E-state index is -4.73. The lowest BCUT2D eigenvalue weighted by molar-refractivity contribution is -0.274. The van der Waals surface area contributed by atoms with Crippen LogP contribution in [0.15, 0.2) is 42.5 Å². The highest BCUT2D eigenvalue weighted by molar-refractivity contribution is 6.31. The second-order valence-electron chi connectivity index (χ2n) is 4.53. The number of halogens is 4. The molecule has 6 heteroatoms. The lowest BCUT2D eigenvalue weighted by atomic mass is 10.0. The third kappa shape index (κ3) is 4.12. The molecule has 0 fully saturated rings. The zero-order chi connectivity index (χ0) is 15.6. The van der Waals surface area contributed by atoms with Crippen LogP contribution in [0.5, 0.6) is 5.75 Å². The molecule has 0 radical (unpaired) electrons. The number of aryl methyl sites for hydroxylation is 1. The van der Waals surface area contributed by atoms with E-state index < -0.39 is 12.5 Å². The van der Waals surface area contributed by atoms with Crippen LogP contribution >= 0.6 is 11.6 Å². The predicted octanol–water partition coefficient (Wildman–Crippen LogP) is 4.63. The largest absolute Gasteiger partial charge is 0.573 e. The van der Waals surface area contributed by atoms with Crippen molar-refractivity contribution in [3.63, 3.8) is 0 Å². The molecule has 1 unspecified atom stereocenters. The fraction of sp³-hybridized carbons (Fsp3) is 0.200. The molecule has 0 saturated carbocycles. The Labute approximate surface area is 124 Å². The summed E-state index contributed by atoms with van der Waals surface area (Å²) in [4.78, 5) is 0. The quantitative estimate of drug-likeness (QED) is 0.894. The Morgan fingerprint density at radius 1 is 1.05 bits per heavy atom. The SMILES string of the molecule is Cc1ccc(C(O)c2ccc(OC(F)(F)F)cc2)cc1Cl. The molecule has 0 amide bonds. The van der Waals surface area contributed by atoms with Gasteiger partial charge in [0.15, 0.2) is 0 Å². The first-order valence-corrected chi connectivity index (χ1v) is 6.44. The molecule has 0 aliphatic carbocycles. The van der Waals surface area contributed by atoms with Gasteiger partial charge in [-0.2, -0.15) is 0 Å². The Morgan fingerprint density at radius 3 is 2.14 bits per heavy atom. The lowest BCUT2D eigenvalue weighted by Gasteiger charge is -2.14. The van der Waals surface area contributed by atoms with Gasteiger partial charge in [-0.3, -0.25) is 0 Å². The highest BCUT2D eigenvalue weighted by atomic mass is 35.5. The Hall–Kier alpha value is -1.72. The Balaban J connectivity index is 2.19. The van der Waals surface area contributed by atoms with E-state index in [0.717, 1.165) is 17.7 Å². The number of hydrogen-bond donors (Lipinski definition) is 1. The summed E-state index contributed by atoms with van der Waals surface area (Å²) in [5, 5.41) is 10.7. The summed E-state index contributed by atoms with van der Waals surface area (Å²) >= 11 is 5.99. The van der Waals surface area contributed by atoms with Crippen molar-refractivity contribution in [3.05, 3.63) is 64.2 Å². The Kier molecular flexibility index (Phi) is 4.44. The minimum absolute atomic E-state index is 0.333. The summed E-state index contributed by atoms with van der Waals surface area (Å²) in [7, 11) is 0. The van der Waals surface area contributed by atoms with Crippen LogP contribution in [0, 0.1) is 6.92 Å². The number of alkyl halides is 3. The predicted molar refractivity (Wildman–Crippen MR) is 73.4 cm³/mol. The fourth-order valence-electron chi connectivity index (χ4n) is 1.82. The zero-order valence-electron chi connectivity index (χ0n) is 11.0. The molecule has 0 aliphatic rings. The van der Waals surface area contributed by atoms with Crippen LogP contribution in [0.1, 0.15) is 22.8 Å². The number of aliphatic hydroxyl groups is 1. The van der Waals surface area contributed by atoms with Crippen molar-refractivity contribution in [1.29, 1.82) is 0 Å². The van der Waals surface area contributed by atoms with E-state index in [2.05, 4.69) is 4.74 Å². The van der Waals surface area contributed by atoms with E-state index in [1.165, 1.54) is 12.1 Å². The number of benzene rings is 2. The fourth-order valence-corrected chi connectivity index (χ4v) is 2.01. The molecule has 2 nitrogen and oxygen atoms in total. The maximum absolute atomic E-state index is 12.1. The molecule has 2 aromatic carbocycles. The third-order valence-electron chi connectivity index (χ3n) is 2.94. The maximum atomic E-state index is 12.1. The molecule has 0 aromatic heterocycles. The first kappa shape index (κ1) is 15.7. The van der Waals surface area contributed by atoms with Crippen LogP contribution in [0.25, 0.3) is 0 Å². The summed E-state index contributed by atoms with van der Waals surface area (Å²) in [5.74, 6) is -0.333. The second-order valence-corrected chi connectivity index (χ2v) is 4.94. The molecular formula is C15H12ClF3O2. The lowest BCUT2D eigenvalue weighted by Crippen LogP contribution is -2.17. The first-order valence-electron chi connectivity index (χ1n) is 6.06. The molecule has 112 valence electrons. The highest BCUT2D eigenvalue weighted by Crippen LogP contribution is 2.28. The van der Waals surface area contributed by atoms with Crippen molar-refractivity contribution < 1.29 is 23.0 Å². The van der Waals surface area contributed by atoms with Gasteiger partial charge in [0.25, 0.3) is 0 Å². The summed E-state index contributed by atoms with van der Waals surface area (Å²) in [6, 6.07) is 10.2. The van der Waals surface area contributed by atoms with Gasteiger partial charge in [0.1, 0.15) is 11.9 Å². The van der Waals surface area contributed by atoms with Gasteiger partial charge < -0.3 is 9.84 Å². The zero-order valence-corrected chi connectivity index (χ0v) is 11.7. The van der Waals surface area contributed by atoms with Gasteiger partial charge in [-0.25, -0.2) is 0 Å². The van der Waals surface area contributed by atoms with Gasteiger partial charge in [0.2, 0.25) is 0 Å². The minimum Gasteiger partial charge on any atom is -0.406 e. The van der Waals surface area contributed by atoms with Crippen molar-refractivity contribution in [1.82, 2.24) is 0 Å². The molecule has 0 saturated heterocycles. The van der Waals surface area contributed by atoms with Crippen molar-refractivity contribution in [2.45, 2.75) is 19.4 Å². The van der Waals surface area contributed by atoms with Gasteiger partial charge in [0.05, 0.1) is 0 Å². The first-order chi connectivity index (χ1) is 9.76. The summed E-state index contributed by atoms with van der Waals surface area (Å²) in [5.41, 5.74) is 1.89. The van der Waals surface area contributed by atoms with Crippen LogP contribution in [0.4, 0.5) is 13.2 Å². The molecule has 21 heavy (non-hydrogen) atoms. The van der Waals surface area contributed by atoms with E-state index >= 15 is 0 Å². The average Bonchev–Trinajstić information content (AvgIpc) is 2.40. The average molecular weight is 317 g/mol. The van der Waals surface area contributed by atoms with Crippen LogP contribution in [0.3, 0.4) is 0 Å². The topological polar surface area (TPSA) is 29.5 Å². The number of hydrogen-bond acceptors (Lipinski definition) is 2. The van der Waals surface area contributed by atoms with Gasteiger partial charge in [-0.15, -0.1) is 13.2 Å².